The molecule has 3 aromatic rings. The van der Waals surface area contributed by atoms with Crippen LogP contribution in [-0.2, 0) is 16.0 Å². The van der Waals surface area contributed by atoms with Crippen molar-refractivity contribution in [2.75, 3.05) is 25.6 Å². The average Bonchev–Trinajstić information content (AvgIpc) is 3.59. The highest BCUT2D eigenvalue weighted by atomic mass is 16.6. The van der Waals surface area contributed by atoms with Gasteiger partial charge in [-0.2, -0.15) is 10.1 Å². The zero-order valence-corrected chi connectivity index (χ0v) is 22.3. The number of amides is 1. The maximum Gasteiger partial charge on any atom is 0.410 e. The number of hydrogen-bond donors (Lipinski definition) is 1. The largest absolute Gasteiger partial charge is 0.444 e. The van der Waals surface area contributed by atoms with Gasteiger partial charge in [0.2, 0.25) is 5.95 Å². The number of carbonyl (C=O) groups excluding carboxylic acids is 1. The number of carbonyl (C=O) groups is 1. The zero-order chi connectivity index (χ0) is 26.0. The molecule has 2 saturated carbocycles. The molecule has 0 aliphatic heterocycles. The molecule has 9 heteroatoms. The Balaban J connectivity index is 1.26. The molecule has 0 radical (unpaired) electrons. The van der Waals surface area contributed by atoms with E-state index in [1.165, 1.54) is 25.7 Å². The number of nitrogens with zero attached hydrogens (tertiary/aromatic N) is 5. The van der Waals surface area contributed by atoms with E-state index in [1.807, 2.05) is 57.4 Å². The summed E-state index contributed by atoms with van der Waals surface area (Å²) in [4.78, 5) is 23.8. The first-order valence-corrected chi connectivity index (χ1v) is 13.3. The molecule has 2 fully saturated rings. The van der Waals surface area contributed by atoms with Gasteiger partial charge in [0, 0.05) is 38.7 Å². The molecule has 37 heavy (non-hydrogen) atoms. The summed E-state index contributed by atoms with van der Waals surface area (Å²) in [5.41, 5.74) is 2.26. The summed E-state index contributed by atoms with van der Waals surface area (Å²) in [5.74, 6) is 2.13. The highest BCUT2D eigenvalue weighted by Gasteiger charge is 2.41. The first-order valence-electron chi connectivity index (χ1n) is 13.3. The van der Waals surface area contributed by atoms with Gasteiger partial charge in [0.05, 0.1) is 17.6 Å². The molecule has 2 aromatic heterocycles. The molecule has 0 saturated heterocycles. The van der Waals surface area contributed by atoms with E-state index in [0.29, 0.717) is 31.7 Å². The van der Waals surface area contributed by atoms with Crippen molar-refractivity contribution in [2.24, 2.45) is 11.8 Å². The van der Waals surface area contributed by atoms with Gasteiger partial charge in [-0.3, -0.25) is 0 Å². The summed E-state index contributed by atoms with van der Waals surface area (Å²) < 4.78 is 12.9. The van der Waals surface area contributed by atoms with Crippen LogP contribution in [-0.4, -0.2) is 56.6 Å². The average molecular weight is 507 g/mol. The van der Waals surface area contributed by atoms with E-state index in [1.54, 1.807) is 12.0 Å². The molecule has 2 aliphatic carbocycles. The van der Waals surface area contributed by atoms with Crippen molar-refractivity contribution in [3.05, 3.63) is 42.2 Å². The van der Waals surface area contributed by atoms with Gasteiger partial charge in [-0.15, -0.1) is 0 Å². The van der Waals surface area contributed by atoms with Crippen molar-refractivity contribution in [1.82, 2.24) is 24.6 Å². The zero-order valence-electron chi connectivity index (χ0n) is 22.3. The van der Waals surface area contributed by atoms with Crippen LogP contribution in [0.1, 0.15) is 64.5 Å². The Morgan fingerprint density at radius 2 is 1.97 bits per heavy atom. The number of benzene rings is 1. The molecule has 5 rings (SSSR count). The van der Waals surface area contributed by atoms with Gasteiger partial charge in [0.15, 0.2) is 5.65 Å². The van der Waals surface area contributed by atoms with E-state index in [0.717, 1.165) is 40.5 Å². The minimum absolute atomic E-state index is 0.320. The fourth-order valence-electron chi connectivity index (χ4n) is 5.65. The van der Waals surface area contributed by atoms with Crippen LogP contribution in [0.5, 0.6) is 0 Å². The molecule has 2 bridgehead atoms. The predicted octanol–water partition coefficient (Wildman–Crippen LogP) is 5.70. The highest BCUT2D eigenvalue weighted by Crippen LogP contribution is 2.50. The number of rotatable bonds is 9. The van der Waals surface area contributed by atoms with Crippen molar-refractivity contribution < 1.29 is 14.3 Å². The Bertz CT molecular complexity index is 1220. The lowest BCUT2D eigenvalue weighted by Gasteiger charge is -2.27. The number of methoxy groups -OCH3 is 1. The molecule has 1 N–H and O–H groups in total. The topological polar surface area (TPSA) is 94.4 Å². The first-order chi connectivity index (χ1) is 17.8. The van der Waals surface area contributed by atoms with Crippen LogP contribution in [0, 0.1) is 11.8 Å². The van der Waals surface area contributed by atoms with E-state index in [-0.39, 0.29) is 6.09 Å². The van der Waals surface area contributed by atoms with Gasteiger partial charge in [0.25, 0.3) is 0 Å². The lowest BCUT2D eigenvalue weighted by Crippen LogP contribution is -2.37. The Hall–Kier alpha value is -3.20. The van der Waals surface area contributed by atoms with Gasteiger partial charge in [0.1, 0.15) is 5.60 Å². The molecule has 1 amide bonds. The number of aromatic nitrogens is 4. The second-order valence-corrected chi connectivity index (χ2v) is 11.4. The number of ether oxygens (including phenoxy) is 2. The molecular weight excluding hydrogens is 468 g/mol. The van der Waals surface area contributed by atoms with E-state index in [2.05, 4.69) is 20.1 Å². The van der Waals surface area contributed by atoms with Gasteiger partial charge in [-0.05, 0) is 76.0 Å². The molecule has 3 atom stereocenters. The quantitative estimate of drug-likeness (QED) is 0.372. The Morgan fingerprint density at radius 1 is 1.16 bits per heavy atom. The molecule has 1 aromatic carbocycles. The second-order valence-electron chi connectivity index (χ2n) is 11.4. The van der Waals surface area contributed by atoms with E-state index in [4.69, 9.17) is 14.5 Å². The first kappa shape index (κ1) is 25.4. The lowest BCUT2D eigenvalue weighted by atomic mass is 9.95. The monoisotopic (exact) mass is 506 g/mol. The summed E-state index contributed by atoms with van der Waals surface area (Å²) in [5, 5.41) is 8.98. The third-order valence-electron chi connectivity index (χ3n) is 7.36. The number of fused-ring (bicyclic) bond motifs is 3. The smallest absolute Gasteiger partial charge is 0.410 e. The van der Waals surface area contributed by atoms with Crippen LogP contribution in [0.15, 0.2) is 36.7 Å². The maximum atomic E-state index is 12.7. The van der Waals surface area contributed by atoms with Gasteiger partial charge >= 0.3 is 6.09 Å². The molecule has 0 spiro atoms. The molecule has 0 unspecified atom stereocenters. The summed E-state index contributed by atoms with van der Waals surface area (Å²) in [6.45, 7) is 7.25. The van der Waals surface area contributed by atoms with E-state index >= 15 is 0 Å². The van der Waals surface area contributed by atoms with Crippen molar-refractivity contribution >= 4 is 28.8 Å². The summed E-state index contributed by atoms with van der Waals surface area (Å²) in [7, 11) is 1.66. The number of anilines is 2. The summed E-state index contributed by atoms with van der Waals surface area (Å²) in [6, 6.07) is 8.44. The fraction of sp³-hybridized carbons (Fsp3) is 0.571. The third-order valence-corrected chi connectivity index (χ3v) is 7.36. The standard InChI is InChI=1S/C28H38N6O3/c1-28(2,3)37-27(35)33(12-5-13-36-4)18-19-7-10-23(11-8-19)31-26-29-16-22-17-30-34(25(22)32-26)24-15-20-6-9-21(24)14-20/h7-8,10-11,16-17,20-21,24H,5-6,9,12-15,18H2,1-4H3,(H,29,31,32)/t20-,21+,24-/m0/s1. The van der Waals surface area contributed by atoms with Gasteiger partial charge in [-0.25, -0.2) is 14.5 Å². The van der Waals surface area contributed by atoms with Crippen molar-refractivity contribution in [2.45, 2.75) is 71.1 Å². The third kappa shape index (κ3) is 6.04. The van der Waals surface area contributed by atoms with Crippen molar-refractivity contribution in [3.8, 4) is 0 Å². The molecule has 9 nitrogen and oxygen atoms in total. The van der Waals surface area contributed by atoms with Crippen molar-refractivity contribution in [1.29, 1.82) is 0 Å². The highest BCUT2D eigenvalue weighted by molar-refractivity contribution is 5.75. The Labute approximate surface area is 218 Å². The number of hydrogen-bond acceptors (Lipinski definition) is 7. The van der Waals surface area contributed by atoms with Crippen molar-refractivity contribution in [3.63, 3.8) is 0 Å². The minimum atomic E-state index is -0.543. The molecular formula is C28H38N6O3. The SMILES string of the molecule is COCCCN(Cc1ccc(Nc2ncc3cnn([C@H]4C[C@H]5CC[C@@H]4C5)c3n2)cc1)C(=O)OC(C)(C)C. The van der Waals surface area contributed by atoms with Crippen LogP contribution in [0.3, 0.4) is 0 Å². The summed E-state index contributed by atoms with van der Waals surface area (Å²) in [6.07, 6.45) is 9.34. The van der Waals surface area contributed by atoms with Gasteiger partial charge in [-0.1, -0.05) is 18.6 Å². The van der Waals surface area contributed by atoms with E-state index < -0.39 is 5.60 Å². The van der Waals surface area contributed by atoms with Crippen LogP contribution in [0.25, 0.3) is 11.0 Å². The lowest BCUT2D eigenvalue weighted by molar-refractivity contribution is 0.0218. The Kier molecular flexibility index (Phi) is 7.33. The van der Waals surface area contributed by atoms with Gasteiger partial charge < -0.3 is 19.7 Å². The predicted molar refractivity (Wildman–Crippen MR) is 143 cm³/mol. The minimum Gasteiger partial charge on any atom is -0.444 e. The fourth-order valence-corrected chi connectivity index (χ4v) is 5.65. The van der Waals surface area contributed by atoms with Crippen LogP contribution >= 0.6 is 0 Å². The molecule has 2 aliphatic rings. The normalized spacial score (nSPS) is 20.9. The van der Waals surface area contributed by atoms with Crippen LogP contribution in [0.4, 0.5) is 16.4 Å². The molecule has 198 valence electrons. The van der Waals surface area contributed by atoms with E-state index in [9.17, 15) is 4.79 Å². The maximum absolute atomic E-state index is 12.7. The number of nitrogens with one attached hydrogen (secondary N) is 1. The molecule has 2 heterocycles. The Morgan fingerprint density at radius 3 is 2.65 bits per heavy atom. The summed E-state index contributed by atoms with van der Waals surface area (Å²) >= 11 is 0. The van der Waals surface area contributed by atoms with Crippen LogP contribution < -0.4 is 5.32 Å². The second kappa shape index (κ2) is 10.7. The van der Waals surface area contributed by atoms with Crippen LogP contribution in [0.2, 0.25) is 0 Å².